The zero-order valence-electron chi connectivity index (χ0n) is 38.2. The number of amides is 3. The molecule has 0 spiro atoms. The average molecular weight is 909 g/mol. The Morgan fingerprint density at radius 3 is 1.17 bits per heavy atom. The zero-order chi connectivity index (χ0) is 46.9. The van der Waals surface area contributed by atoms with Gasteiger partial charge in [-0.05, 0) is 80.2 Å². The van der Waals surface area contributed by atoms with Gasteiger partial charge in [0.15, 0.2) is 0 Å². The van der Waals surface area contributed by atoms with E-state index >= 15 is 0 Å². The van der Waals surface area contributed by atoms with E-state index in [-0.39, 0.29) is 32.8 Å². The third kappa shape index (κ3) is 21.4. The summed E-state index contributed by atoms with van der Waals surface area (Å²) in [6, 6.07) is 29.5. The number of nitrogens with one attached hydrogen (secondary N) is 3. The molecule has 66 heavy (non-hydrogen) atoms. The van der Waals surface area contributed by atoms with Crippen molar-refractivity contribution in [2.45, 2.75) is 110 Å². The number of carbonyl (C=O) groups is 3. The molecule has 3 aromatic carbocycles. The molecule has 0 bridgehead atoms. The Kier molecular flexibility index (Phi) is 25.3. The van der Waals surface area contributed by atoms with E-state index in [1.807, 2.05) is 103 Å². The number of rotatable bonds is 31. The van der Waals surface area contributed by atoms with Gasteiger partial charge in [0.1, 0.15) is 13.2 Å². The fourth-order valence-corrected chi connectivity index (χ4v) is 7.06. The van der Waals surface area contributed by atoms with E-state index in [2.05, 4.69) is 16.0 Å². The van der Waals surface area contributed by atoms with Crippen molar-refractivity contribution in [1.82, 2.24) is 29.7 Å². The first-order chi connectivity index (χ1) is 32.3. The molecule has 4 aromatic rings. The minimum atomic E-state index is -0.615. The number of ether oxygens (including phenoxy) is 3. The van der Waals surface area contributed by atoms with Gasteiger partial charge in [-0.3, -0.25) is 0 Å². The lowest BCUT2D eigenvalue weighted by Crippen LogP contribution is -2.54. The Hall–Kier alpha value is -6.64. The average Bonchev–Trinajstić information content (AvgIpc) is 3.33. The monoisotopic (exact) mass is 909 g/mol. The van der Waals surface area contributed by atoms with Gasteiger partial charge in [0.25, 0.3) is 0 Å². The smallest absolute Gasteiger partial charge is 0.407 e. The Bertz CT molecular complexity index is 2120. The number of nitrogens with zero attached hydrogens (tertiary/aromatic N) is 3. The van der Waals surface area contributed by atoms with Gasteiger partial charge >= 0.3 is 35.3 Å². The summed E-state index contributed by atoms with van der Waals surface area (Å²) in [5.41, 5.74) is 1.39. The molecule has 0 saturated carbocycles. The maximum Gasteiger partial charge on any atom is 0.407 e. The summed E-state index contributed by atoms with van der Waals surface area (Å²) >= 11 is 0. The maximum absolute atomic E-state index is 13.6. The van der Waals surface area contributed by atoms with Gasteiger partial charge in [-0.25, -0.2) is 42.5 Å². The van der Waals surface area contributed by atoms with Crippen LogP contribution in [-0.4, -0.2) is 71.4 Å². The quantitative estimate of drug-likeness (QED) is 0.0332. The fraction of sp³-hybridized carbons (Fsp3) is 0.451. The van der Waals surface area contributed by atoms with Gasteiger partial charge in [-0.1, -0.05) is 142 Å². The van der Waals surface area contributed by atoms with Gasteiger partial charge in [0, 0.05) is 39.3 Å². The molecule has 15 heteroatoms. The number of benzene rings is 3. The zero-order valence-corrected chi connectivity index (χ0v) is 38.2. The van der Waals surface area contributed by atoms with Crippen molar-refractivity contribution < 1.29 is 28.6 Å². The van der Waals surface area contributed by atoms with Crippen molar-refractivity contribution >= 4 is 30.4 Å². The Labute approximate surface area is 387 Å². The number of alkyl carbamates (subject to hydrolysis) is 3. The van der Waals surface area contributed by atoms with Crippen LogP contribution in [0.1, 0.15) is 100 Å². The molecule has 1 aromatic heterocycles. The Balaban J connectivity index is 1.18. The van der Waals surface area contributed by atoms with Crippen molar-refractivity contribution in [2.24, 2.45) is 0 Å². The third-order valence-electron chi connectivity index (χ3n) is 10.6. The van der Waals surface area contributed by atoms with E-state index in [9.17, 15) is 28.8 Å². The molecule has 0 radical (unpaired) electrons. The summed E-state index contributed by atoms with van der Waals surface area (Å²) in [6.07, 6.45) is 15.6. The van der Waals surface area contributed by atoms with Crippen molar-refractivity contribution in [1.29, 1.82) is 0 Å². The van der Waals surface area contributed by atoms with Crippen molar-refractivity contribution in [2.75, 3.05) is 39.5 Å². The third-order valence-corrected chi connectivity index (χ3v) is 10.6. The molecule has 15 nitrogen and oxygen atoms in total. The highest BCUT2D eigenvalue weighted by molar-refractivity contribution is 5.68. The first kappa shape index (κ1) is 52.0. The second-order valence-electron chi connectivity index (χ2n) is 15.9. The van der Waals surface area contributed by atoms with Crippen LogP contribution in [0.2, 0.25) is 0 Å². The van der Waals surface area contributed by atoms with Crippen molar-refractivity contribution in [3.8, 4) is 0 Å². The largest absolute Gasteiger partial charge is 0.450 e. The minimum absolute atomic E-state index is 0.158. The van der Waals surface area contributed by atoms with Gasteiger partial charge in [-0.15, -0.1) is 0 Å². The van der Waals surface area contributed by atoms with Crippen molar-refractivity contribution in [3.63, 3.8) is 0 Å². The van der Waals surface area contributed by atoms with Crippen LogP contribution in [0, 0.1) is 0 Å². The van der Waals surface area contributed by atoms with Crippen LogP contribution in [0.25, 0.3) is 12.2 Å². The molecule has 3 N–H and O–H groups in total. The number of hydrogen-bond acceptors (Lipinski definition) is 9. The van der Waals surface area contributed by atoms with Crippen LogP contribution in [0.5, 0.6) is 0 Å². The lowest BCUT2D eigenvalue weighted by molar-refractivity contribution is 0.144. The molecule has 356 valence electrons. The normalized spacial score (nSPS) is 11.2. The van der Waals surface area contributed by atoms with E-state index < -0.39 is 35.3 Å². The topological polar surface area (TPSA) is 181 Å². The second kappa shape index (κ2) is 32.1. The van der Waals surface area contributed by atoms with Crippen LogP contribution in [0.4, 0.5) is 14.4 Å². The molecule has 0 atom stereocenters. The number of carbonyl (C=O) groups excluding carboxylic acids is 3. The molecule has 3 amide bonds. The van der Waals surface area contributed by atoms with E-state index in [4.69, 9.17) is 14.2 Å². The second-order valence-corrected chi connectivity index (χ2v) is 15.9. The lowest BCUT2D eigenvalue weighted by Gasteiger charge is -2.14. The molecular weight excluding hydrogens is 841 g/mol. The van der Waals surface area contributed by atoms with Crippen LogP contribution in [-0.2, 0) is 40.3 Å². The molecular formula is C51H68N6O9. The molecule has 0 saturated heterocycles. The van der Waals surface area contributed by atoms with Crippen LogP contribution >= 0.6 is 0 Å². The van der Waals surface area contributed by atoms with Crippen molar-refractivity contribution in [3.05, 3.63) is 151 Å². The van der Waals surface area contributed by atoms with Gasteiger partial charge < -0.3 is 30.2 Å². The predicted molar refractivity (Wildman–Crippen MR) is 258 cm³/mol. The Morgan fingerprint density at radius 2 is 0.773 bits per heavy atom. The standard InChI is InChI=1S/C51H68N6O9/c58-46(64-40-22-31-43-25-10-7-11-26-43)52-34-16-1-4-19-37-55-49(61)56(38-20-5-2-17-35-53-47(59)65-41-23-32-44-27-12-8-13-28-44)51(63)57(50(55)62)39-21-6-3-18-36-54-48(60)66-42-24-33-45-29-14-9-15-30-45/h7-15,22-23,25-32H,1-6,16-21,24,33-42H2,(H,52,58)(H,53,59)(H,54,60)/b31-22+,32-23+. The molecule has 0 aliphatic rings. The highest BCUT2D eigenvalue weighted by atomic mass is 16.6. The fourth-order valence-electron chi connectivity index (χ4n) is 7.06. The van der Waals surface area contributed by atoms with Crippen LogP contribution in [0.3, 0.4) is 0 Å². The van der Waals surface area contributed by atoms with E-state index in [0.717, 1.165) is 49.7 Å². The van der Waals surface area contributed by atoms with Crippen LogP contribution < -0.4 is 33.0 Å². The molecule has 1 heterocycles. The molecule has 0 fully saturated rings. The highest BCUT2D eigenvalue weighted by Gasteiger charge is 2.15. The summed E-state index contributed by atoms with van der Waals surface area (Å²) in [5.74, 6) is 0. The van der Waals surface area contributed by atoms with Gasteiger partial charge in [-0.2, -0.15) is 0 Å². The van der Waals surface area contributed by atoms with E-state index in [0.29, 0.717) is 77.6 Å². The van der Waals surface area contributed by atoms with Gasteiger partial charge in [0.05, 0.1) is 6.61 Å². The first-order valence-electron chi connectivity index (χ1n) is 23.5. The first-order valence-corrected chi connectivity index (χ1v) is 23.5. The molecule has 4 rings (SSSR count). The molecule has 0 aliphatic carbocycles. The summed E-state index contributed by atoms with van der Waals surface area (Å²) in [6.45, 7) is 2.47. The minimum Gasteiger partial charge on any atom is -0.450 e. The van der Waals surface area contributed by atoms with Crippen LogP contribution in [0.15, 0.2) is 118 Å². The SMILES string of the molecule is O=C(NCCCCCCn1c(=O)n(CCCCCCNC(=O)OC/C=C/c2ccccc2)c(=O)n(CCCCCCNC(=O)OCCCc2ccccc2)c1=O)OC/C=C/c1ccccc1. The molecule has 0 aliphatic heterocycles. The summed E-state index contributed by atoms with van der Waals surface area (Å²) in [4.78, 5) is 77.1. The maximum atomic E-state index is 13.6. The lowest BCUT2D eigenvalue weighted by atomic mass is 10.1. The summed E-state index contributed by atoms with van der Waals surface area (Å²) in [7, 11) is 0. The van der Waals surface area contributed by atoms with E-state index in [1.54, 1.807) is 12.2 Å². The number of unbranched alkanes of at least 4 members (excludes halogenated alkanes) is 9. The number of hydrogen-bond donors (Lipinski definition) is 3. The summed E-state index contributed by atoms with van der Waals surface area (Å²) in [5, 5.41) is 8.27. The number of aryl methyl sites for hydroxylation is 1. The predicted octanol–water partition coefficient (Wildman–Crippen LogP) is 8.09. The summed E-state index contributed by atoms with van der Waals surface area (Å²) < 4.78 is 19.2. The highest BCUT2D eigenvalue weighted by Crippen LogP contribution is 2.06. The van der Waals surface area contributed by atoms with Gasteiger partial charge in [0.2, 0.25) is 0 Å². The Morgan fingerprint density at radius 1 is 0.424 bits per heavy atom. The number of aromatic nitrogens is 3. The van der Waals surface area contributed by atoms with E-state index in [1.165, 1.54) is 19.3 Å². The molecule has 0 unspecified atom stereocenters.